The first-order valence-electron chi connectivity index (χ1n) is 6.87. The zero-order valence-corrected chi connectivity index (χ0v) is 12.1. The Balaban J connectivity index is 1.67. The van der Waals surface area contributed by atoms with Crippen LogP contribution in [0.5, 0.6) is 5.75 Å². The molecule has 1 aliphatic rings. The molecule has 0 radical (unpaired) electrons. The van der Waals surface area contributed by atoms with Crippen LogP contribution in [0.1, 0.15) is 11.5 Å². The van der Waals surface area contributed by atoms with Gasteiger partial charge >= 0.3 is 0 Å². The van der Waals surface area contributed by atoms with Gasteiger partial charge in [0, 0.05) is 31.5 Å². The van der Waals surface area contributed by atoms with Crippen molar-refractivity contribution in [3.63, 3.8) is 0 Å². The molecule has 2 aromatic rings. The minimum Gasteiger partial charge on any atom is -0.494 e. The first-order valence-corrected chi connectivity index (χ1v) is 6.87. The molecule has 3 rings (SSSR count). The average molecular weight is 290 g/mol. The van der Waals surface area contributed by atoms with E-state index in [0.717, 1.165) is 11.5 Å². The molecule has 0 bridgehead atoms. The lowest BCUT2D eigenvalue weighted by Gasteiger charge is -2.15. The van der Waals surface area contributed by atoms with Crippen LogP contribution in [0.25, 0.3) is 0 Å². The number of methoxy groups -OCH3 is 1. The number of hydrogen-bond donors (Lipinski definition) is 1. The van der Waals surface area contributed by atoms with Gasteiger partial charge in [0.15, 0.2) is 5.75 Å². The van der Waals surface area contributed by atoms with Crippen LogP contribution in [-0.4, -0.2) is 46.5 Å². The molecule has 2 aromatic heterocycles. The maximum Gasteiger partial charge on any atom is 0.225 e. The second-order valence-electron chi connectivity index (χ2n) is 5.29. The summed E-state index contributed by atoms with van der Waals surface area (Å²) in [7, 11) is 1.58. The Bertz CT molecular complexity index is 599. The predicted octanol–water partition coefficient (Wildman–Crippen LogP) is 0.821. The number of anilines is 1. The third-order valence-electron chi connectivity index (χ3n) is 3.68. The lowest BCUT2D eigenvalue weighted by molar-refractivity contribution is 0.143. The van der Waals surface area contributed by atoms with Gasteiger partial charge in [0.25, 0.3) is 0 Å². The van der Waals surface area contributed by atoms with Crippen molar-refractivity contribution in [2.45, 2.75) is 19.4 Å². The molecule has 1 N–H and O–H groups in total. The van der Waals surface area contributed by atoms with Crippen LogP contribution in [0.2, 0.25) is 0 Å². The molecule has 0 amide bonds. The third kappa shape index (κ3) is 2.97. The van der Waals surface area contributed by atoms with Crippen molar-refractivity contribution in [1.29, 1.82) is 0 Å². The van der Waals surface area contributed by atoms with Crippen molar-refractivity contribution < 1.29 is 14.4 Å². The van der Waals surface area contributed by atoms with Crippen molar-refractivity contribution in [3.05, 3.63) is 29.9 Å². The Morgan fingerprint density at radius 1 is 1.38 bits per heavy atom. The largest absolute Gasteiger partial charge is 0.494 e. The SMILES string of the molecule is COc1cnc(N2C[C@@H](Cc3cc(C)no3)[C@@H](O)C2)nc1. The average Bonchev–Trinajstić information content (AvgIpc) is 3.06. The topological polar surface area (TPSA) is 84.5 Å². The van der Waals surface area contributed by atoms with Crippen LogP contribution in [0.3, 0.4) is 0 Å². The summed E-state index contributed by atoms with van der Waals surface area (Å²) >= 11 is 0. The Morgan fingerprint density at radius 3 is 2.76 bits per heavy atom. The number of rotatable bonds is 4. The number of ether oxygens (including phenoxy) is 1. The second kappa shape index (κ2) is 5.69. The Labute approximate surface area is 122 Å². The normalized spacial score (nSPS) is 21.8. The minimum atomic E-state index is -0.430. The van der Waals surface area contributed by atoms with Gasteiger partial charge in [-0.05, 0) is 6.92 Å². The molecule has 1 saturated heterocycles. The number of aliphatic hydroxyl groups excluding tert-OH is 1. The highest BCUT2D eigenvalue weighted by molar-refractivity contribution is 5.34. The van der Waals surface area contributed by atoms with E-state index in [1.165, 1.54) is 0 Å². The third-order valence-corrected chi connectivity index (χ3v) is 3.68. The van der Waals surface area contributed by atoms with E-state index in [2.05, 4.69) is 15.1 Å². The molecule has 0 aromatic carbocycles. The quantitative estimate of drug-likeness (QED) is 0.892. The van der Waals surface area contributed by atoms with E-state index in [-0.39, 0.29) is 5.92 Å². The number of hydrogen-bond acceptors (Lipinski definition) is 7. The van der Waals surface area contributed by atoms with E-state index in [4.69, 9.17) is 9.26 Å². The molecule has 0 saturated carbocycles. The molecular formula is C14H18N4O3. The molecule has 1 aliphatic heterocycles. The Morgan fingerprint density at radius 2 is 2.14 bits per heavy atom. The summed E-state index contributed by atoms with van der Waals surface area (Å²) in [5.74, 6) is 2.11. The van der Waals surface area contributed by atoms with Crippen LogP contribution in [-0.2, 0) is 6.42 Å². The summed E-state index contributed by atoms with van der Waals surface area (Å²) < 4.78 is 10.3. The smallest absolute Gasteiger partial charge is 0.225 e. The summed E-state index contributed by atoms with van der Waals surface area (Å²) in [4.78, 5) is 10.5. The van der Waals surface area contributed by atoms with Crippen LogP contribution >= 0.6 is 0 Å². The molecule has 21 heavy (non-hydrogen) atoms. The van der Waals surface area contributed by atoms with Gasteiger partial charge in [-0.15, -0.1) is 0 Å². The van der Waals surface area contributed by atoms with Crippen molar-refractivity contribution in [2.75, 3.05) is 25.1 Å². The first-order chi connectivity index (χ1) is 10.2. The number of nitrogens with zero attached hydrogens (tertiary/aromatic N) is 4. The molecule has 7 nitrogen and oxygen atoms in total. The van der Waals surface area contributed by atoms with Crippen molar-refractivity contribution >= 4 is 5.95 Å². The van der Waals surface area contributed by atoms with Gasteiger partial charge < -0.3 is 19.3 Å². The first kappa shape index (κ1) is 13.8. The van der Waals surface area contributed by atoms with Gasteiger partial charge in [-0.1, -0.05) is 5.16 Å². The second-order valence-corrected chi connectivity index (χ2v) is 5.29. The fourth-order valence-corrected chi connectivity index (χ4v) is 2.57. The van der Waals surface area contributed by atoms with E-state index in [9.17, 15) is 5.11 Å². The molecule has 0 aliphatic carbocycles. The fourth-order valence-electron chi connectivity index (χ4n) is 2.57. The monoisotopic (exact) mass is 290 g/mol. The molecule has 0 spiro atoms. The van der Waals surface area contributed by atoms with Gasteiger partial charge in [0.1, 0.15) is 5.76 Å². The van der Waals surface area contributed by atoms with E-state index in [1.807, 2.05) is 17.9 Å². The molecule has 3 heterocycles. The summed E-state index contributed by atoms with van der Waals surface area (Å²) in [6, 6.07) is 1.90. The summed E-state index contributed by atoms with van der Waals surface area (Å²) in [5.41, 5.74) is 0.854. The van der Waals surface area contributed by atoms with Crippen LogP contribution < -0.4 is 9.64 Å². The van der Waals surface area contributed by atoms with E-state index >= 15 is 0 Å². The summed E-state index contributed by atoms with van der Waals surface area (Å²) in [6.45, 7) is 3.09. The lowest BCUT2D eigenvalue weighted by Crippen LogP contribution is -2.23. The van der Waals surface area contributed by atoms with Gasteiger partial charge in [-0.25, -0.2) is 9.97 Å². The molecular weight excluding hydrogens is 272 g/mol. The number of aliphatic hydroxyl groups is 1. The van der Waals surface area contributed by atoms with Crippen molar-refractivity contribution in [2.24, 2.45) is 5.92 Å². The van der Waals surface area contributed by atoms with Gasteiger partial charge in [0.2, 0.25) is 5.95 Å². The molecule has 0 unspecified atom stereocenters. The fraction of sp³-hybridized carbons (Fsp3) is 0.500. The zero-order chi connectivity index (χ0) is 14.8. The molecule has 7 heteroatoms. The number of aromatic nitrogens is 3. The number of β-amino-alcohol motifs (C(OH)–C–C–N with tert-alkyl or cyclic N) is 1. The summed E-state index contributed by atoms with van der Waals surface area (Å²) in [5, 5.41) is 14.1. The van der Waals surface area contributed by atoms with Gasteiger partial charge in [0.05, 0.1) is 31.3 Å². The number of aryl methyl sites for hydroxylation is 1. The predicted molar refractivity (Wildman–Crippen MR) is 75.2 cm³/mol. The van der Waals surface area contributed by atoms with E-state index < -0.39 is 6.10 Å². The van der Waals surface area contributed by atoms with Crippen LogP contribution in [0, 0.1) is 12.8 Å². The van der Waals surface area contributed by atoms with Crippen molar-refractivity contribution in [3.8, 4) is 5.75 Å². The van der Waals surface area contributed by atoms with Crippen LogP contribution in [0.15, 0.2) is 23.0 Å². The van der Waals surface area contributed by atoms with Gasteiger partial charge in [-0.3, -0.25) is 0 Å². The molecule has 1 fully saturated rings. The maximum atomic E-state index is 10.2. The Kier molecular flexibility index (Phi) is 3.74. The van der Waals surface area contributed by atoms with E-state index in [0.29, 0.717) is 31.2 Å². The highest BCUT2D eigenvalue weighted by Gasteiger charge is 2.33. The van der Waals surface area contributed by atoms with Gasteiger partial charge in [-0.2, -0.15) is 0 Å². The van der Waals surface area contributed by atoms with Crippen molar-refractivity contribution in [1.82, 2.24) is 15.1 Å². The van der Waals surface area contributed by atoms with E-state index in [1.54, 1.807) is 19.5 Å². The maximum absolute atomic E-state index is 10.2. The molecule has 112 valence electrons. The zero-order valence-electron chi connectivity index (χ0n) is 12.1. The lowest BCUT2D eigenvalue weighted by atomic mass is 10.0. The van der Waals surface area contributed by atoms with Crippen LogP contribution in [0.4, 0.5) is 5.95 Å². The minimum absolute atomic E-state index is 0.0862. The Hall–Kier alpha value is -2.15. The standard InChI is InChI=1S/C14H18N4O3/c1-9-3-11(21-17-9)4-10-7-18(8-13(10)19)14-15-5-12(20-2)6-16-14/h3,5-6,10,13,19H,4,7-8H2,1-2H3/t10-,13+/m1/s1. The summed E-state index contributed by atoms with van der Waals surface area (Å²) in [6.07, 6.45) is 3.49. The highest BCUT2D eigenvalue weighted by Crippen LogP contribution is 2.25. The molecule has 2 atom stereocenters. The highest BCUT2D eigenvalue weighted by atomic mass is 16.5.